The summed E-state index contributed by atoms with van der Waals surface area (Å²) in [5.41, 5.74) is 0.440. The lowest BCUT2D eigenvalue weighted by Gasteiger charge is -2.02. The number of sulfone groups is 1. The van der Waals surface area contributed by atoms with Gasteiger partial charge in [-0.25, -0.2) is 13.4 Å². The Morgan fingerprint density at radius 1 is 1.57 bits per heavy atom. The first-order valence-electron chi connectivity index (χ1n) is 3.79. The van der Waals surface area contributed by atoms with Crippen LogP contribution in [0, 0.1) is 11.3 Å². The van der Waals surface area contributed by atoms with Crippen molar-refractivity contribution >= 4 is 15.7 Å². The first-order valence-corrected chi connectivity index (χ1v) is 5.85. The molecule has 6 heteroatoms. The number of hydrogen-bond acceptors (Lipinski definition) is 5. The van der Waals surface area contributed by atoms with Crippen molar-refractivity contribution in [2.75, 3.05) is 17.4 Å². The second kappa shape index (κ2) is 4.07. The van der Waals surface area contributed by atoms with Gasteiger partial charge >= 0.3 is 0 Å². The van der Waals surface area contributed by atoms with Crippen LogP contribution in [0.5, 0.6) is 0 Å². The Hall–Kier alpha value is -1.61. The molecule has 0 spiro atoms. The summed E-state index contributed by atoms with van der Waals surface area (Å²) in [7, 11) is -3.05. The van der Waals surface area contributed by atoms with Crippen molar-refractivity contribution in [2.45, 2.75) is 0 Å². The van der Waals surface area contributed by atoms with Gasteiger partial charge in [0.1, 0.15) is 17.8 Å². The first-order chi connectivity index (χ1) is 6.51. The Balaban J connectivity index is 2.67. The molecule has 0 fully saturated rings. The van der Waals surface area contributed by atoms with E-state index in [2.05, 4.69) is 10.3 Å². The van der Waals surface area contributed by atoms with E-state index in [1.165, 1.54) is 6.20 Å². The number of anilines is 1. The lowest BCUT2D eigenvalue weighted by atomic mass is 10.3. The maximum Gasteiger partial charge on any atom is 0.165 e. The average molecular weight is 211 g/mol. The highest BCUT2D eigenvalue weighted by molar-refractivity contribution is 7.90. The van der Waals surface area contributed by atoms with E-state index in [1.54, 1.807) is 12.1 Å². The van der Waals surface area contributed by atoms with Crippen molar-refractivity contribution in [3.05, 3.63) is 23.9 Å². The van der Waals surface area contributed by atoms with E-state index in [9.17, 15) is 8.42 Å². The number of nitrogens with one attached hydrogen (secondary N) is 1. The van der Waals surface area contributed by atoms with E-state index in [0.29, 0.717) is 11.4 Å². The highest BCUT2D eigenvalue weighted by Gasteiger charge is 2.01. The van der Waals surface area contributed by atoms with E-state index < -0.39 is 9.84 Å². The van der Waals surface area contributed by atoms with E-state index >= 15 is 0 Å². The van der Waals surface area contributed by atoms with Crippen molar-refractivity contribution in [1.29, 1.82) is 5.26 Å². The van der Waals surface area contributed by atoms with Crippen molar-refractivity contribution < 1.29 is 8.42 Å². The van der Waals surface area contributed by atoms with Gasteiger partial charge in [-0.1, -0.05) is 0 Å². The summed E-state index contributed by atoms with van der Waals surface area (Å²) in [5.74, 6) is 0.278. The molecule has 0 unspecified atom stereocenters. The summed E-state index contributed by atoms with van der Waals surface area (Å²) in [6.07, 6.45) is 2.51. The van der Waals surface area contributed by atoms with Gasteiger partial charge in [-0.2, -0.15) is 5.26 Å². The Morgan fingerprint density at radius 2 is 2.29 bits per heavy atom. The zero-order chi connectivity index (χ0) is 10.6. The lowest BCUT2D eigenvalue weighted by Crippen LogP contribution is -2.13. The van der Waals surface area contributed by atoms with Crippen LogP contribution in [0.1, 0.15) is 5.56 Å². The average Bonchev–Trinajstić information content (AvgIpc) is 2.14. The number of pyridine rings is 1. The molecule has 1 rings (SSSR count). The van der Waals surface area contributed by atoms with Crippen LogP contribution in [0.4, 0.5) is 5.82 Å². The lowest BCUT2D eigenvalue weighted by molar-refractivity contribution is 0.603. The normalized spacial score (nSPS) is 10.6. The molecule has 74 valence electrons. The topological polar surface area (TPSA) is 82.9 Å². The SMILES string of the molecule is CS(=O)(=O)CNc1ccc(C#N)cn1. The summed E-state index contributed by atoms with van der Waals surface area (Å²) in [5, 5.41) is 11.1. The molecule has 1 heterocycles. The molecule has 0 saturated carbocycles. The second-order valence-corrected chi connectivity index (χ2v) is 4.93. The molecular weight excluding hydrogens is 202 g/mol. The molecule has 0 amide bonds. The van der Waals surface area contributed by atoms with Crippen LogP contribution in [0.25, 0.3) is 0 Å². The smallest absolute Gasteiger partial charge is 0.165 e. The van der Waals surface area contributed by atoms with Crippen LogP contribution in [-0.2, 0) is 9.84 Å². The van der Waals surface area contributed by atoms with E-state index in [-0.39, 0.29) is 5.88 Å². The van der Waals surface area contributed by atoms with Gasteiger partial charge in [-0.15, -0.1) is 0 Å². The maximum atomic E-state index is 10.8. The summed E-state index contributed by atoms with van der Waals surface area (Å²) >= 11 is 0. The van der Waals surface area contributed by atoms with Gasteiger partial charge in [0, 0.05) is 12.5 Å². The second-order valence-electron chi connectivity index (χ2n) is 2.79. The van der Waals surface area contributed by atoms with Crippen LogP contribution in [0.3, 0.4) is 0 Å². The summed E-state index contributed by atoms with van der Waals surface area (Å²) in [4.78, 5) is 3.85. The van der Waals surface area contributed by atoms with Gasteiger partial charge < -0.3 is 5.32 Å². The fourth-order valence-electron chi connectivity index (χ4n) is 0.770. The molecule has 1 aromatic heterocycles. The predicted octanol–water partition coefficient (Wildman–Crippen LogP) is 0.367. The van der Waals surface area contributed by atoms with Gasteiger partial charge in [0.15, 0.2) is 9.84 Å². The molecule has 0 saturated heterocycles. The monoisotopic (exact) mass is 211 g/mol. The fraction of sp³-hybridized carbons (Fsp3) is 0.250. The highest BCUT2D eigenvalue weighted by Crippen LogP contribution is 2.03. The number of aromatic nitrogens is 1. The molecule has 0 radical (unpaired) electrons. The number of hydrogen-bond donors (Lipinski definition) is 1. The largest absolute Gasteiger partial charge is 0.356 e. The molecule has 1 aromatic rings. The van der Waals surface area contributed by atoms with Crippen molar-refractivity contribution in [2.24, 2.45) is 0 Å². The van der Waals surface area contributed by atoms with Crippen LogP contribution in [0.15, 0.2) is 18.3 Å². The summed E-state index contributed by atoms with van der Waals surface area (Å²) in [6.45, 7) is 0. The fourth-order valence-corrected chi connectivity index (χ4v) is 1.18. The van der Waals surface area contributed by atoms with Crippen LogP contribution < -0.4 is 5.32 Å². The van der Waals surface area contributed by atoms with Gasteiger partial charge in [-0.05, 0) is 12.1 Å². The molecule has 1 N–H and O–H groups in total. The third kappa shape index (κ3) is 3.41. The summed E-state index contributed by atoms with van der Waals surface area (Å²) < 4.78 is 21.6. The van der Waals surface area contributed by atoms with Crippen LogP contribution >= 0.6 is 0 Å². The zero-order valence-corrected chi connectivity index (χ0v) is 8.37. The maximum absolute atomic E-state index is 10.8. The minimum atomic E-state index is -3.05. The molecule has 0 aliphatic rings. The van der Waals surface area contributed by atoms with Gasteiger partial charge in [0.05, 0.1) is 5.56 Å². The molecule has 0 aliphatic carbocycles. The van der Waals surface area contributed by atoms with Gasteiger partial charge in [0.25, 0.3) is 0 Å². The molecular formula is C8H9N3O2S. The molecule has 0 bridgehead atoms. The van der Waals surface area contributed by atoms with Crippen molar-refractivity contribution in [3.8, 4) is 6.07 Å². The van der Waals surface area contributed by atoms with Gasteiger partial charge in [0.2, 0.25) is 0 Å². The predicted molar refractivity (Wildman–Crippen MR) is 52.3 cm³/mol. The minimum Gasteiger partial charge on any atom is -0.356 e. The first kappa shape index (κ1) is 10.5. The molecule has 0 atom stereocenters. The molecule has 5 nitrogen and oxygen atoms in total. The van der Waals surface area contributed by atoms with Crippen molar-refractivity contribution in [3.63, 3.8) is 0 Å². The minimum absolute atomic E-state index is 0.161. The van der Waals surface area contributed by atoms with E-state index in [4.69, 9.17) is 5.26 Å². The van der Waals surface area contributed by atoms with Crippen molar-refractivity contribution in [1.82, 2.24) is 4.98 Å². The zero-order valence-electron chi connectivity index (χ0n) is 7.56. The number of nitrogens with zero attached hydrogens (tertiary/aromatic N) is 2. The molecule has 14 heavy (non-hydrogen) atoms. The van der Waals surface area contributed by atoms with E-state index in [0.717, 1.165) is 6.26 Å². The Bertz CT molecular complexity index is 444. The van der Waals surface area contributed by atoms with Crippen LogP contribution in [0.2, 0.25) is 0 Å². The molecule has 0 aliphatic heterocycles. The standard InChI is InChI=1S/C8H9N3O2S/c1-14(12,13)6-11-8-3-2-7(4-9)5-10-8/h2-3,5H,6H2,1H3,(H,10,11). The quantitative estimate of drug-likeness (QED) is 0.780. The Kier molecular flexibility index (Phi) is 3.04. The Morgan fingerprint density at radius 3 is 2.71 bits per heavy atom. The number of nitriles is 1. The molecule has 0 aromatic carbocycles. The van der Waals surface area contributed by atoms with Gasteiger partial charge in [-0.3, -0.25) is 0 Å². The number of rotatable bonds is 3. The third-order valence-electron chi connectivity index (χ3n) is 1.41. The van der Waals surface area contributed by atoms with E-state index in [1.807, 2.05) is 6.07 Å². The summed E-state index contributed by atoms with van der Waals surface area (Å²) in [6, 6.07) is 5.04. The third-order valence-corrected chi connectivity index (χ3v) is 2.08. The highest BCUT2D eigenvalue weighted by atomic mass is 32.2. The van der Waals surface area contributed by atoms with Crippen LogP contribution in [-0.4, -0.2) is 25.5 Å². The Labute approximate surface area is 82.3 Å².